The Morgan fingerprint density at radius 2 is 1.36 bits per heavy atom. The second-order valence-corrected chi connectivity index (χ2v) is 16.2. The summed E-state index contributed by atoms with van der Waals surface area (Å²) in [6.07, 6.45) is 16.0. The number of rotatable bonds is 20. The van der Waals surface area contributed by atoms with Crippen molar-refractivity contribution >= 4 is 37.6 Å². The summed E-state index contributed by atoms with van der Waals surface area (Å²) in [4.78, 5) is -0.178. The van der Waals surface area contributed by atoms with Crippen LogP contribution in [0.1, 0.15) is 119 Å². The van der Waals surface area contributed by atoms with Gasteiger partial charge in [-0.05, 0) is 102 Å². The average molecular weight is 755 g/mol. The molecule has 0 aliphatic carbocycles. The number of furan rings is 1. The molecule has 0 amide bonds. The van der Waals surface area contributed by atoms with E-state index in [9.17, 15) is 13.0 Å². The molecular weight excluding hydrogens is 698 g/mol. The lowest BCUT2D eigenvalue weighted by Gasteiger charge is -2.28. The molecule has 1 aromatic heterocycles. The van der Waals surface area contributed by atoms with Crippen LogP contribution in [0.4, 0.5) is 0 Å². The summed E-state index contributed by atoms with van der Waals surface area (Å²) < 4.78 is 44.8. The van der Waals surface area contributed by atoms with Gasteiger partial charge in [0.1, 0.15) is 22.4 Å². The maximum absolute atomic E-state index is 10.4. The van der Waals surface area contributed by atoms with Crippen molar-refractivity contribution in [3.05, 3.63) is 80.7 Å². The van der Waals surface area contributed by atoms with E-state index in [2.05, 4.69) is 62.1 Å². The molecule has 0 saturated carbocycles. The number of quaternary nitrogens is 1. The van der Waals surface area contributed by atoms with Crippen molar-refractivity contribution in [3.63, 3.8) is 0 Å². The molecule has 0 bridgehead atoms. The van der Waals surface area contributed by atoms with Gasteiger partial charge in [-0.15, -0.1) is 0 Å². The highest BCUT2D eigenvalue weighted by Crippen LogP contribution is 2.32. The number of hydrogen-bond acceptors (Lipinski definition) is 5. The van der Waals surface area contributed by atoms with E-state index >= 15 is 0 Å². The van der Waals surface area contributed by atoms with Crippen LogP contribution in [0.15, 0.2) is 62.5 Å². The van der Waals surface area contributed by atoms with E-state index in [1.807, 2.05) is 19.9 Å². The van der Waals surface area contributed by atoms with Gasteiger partial charge in [0.25, 0.3) is 0 Å². The third-order valence-corrected chi connectivity index (χ3v) is 10.0. The first-order chi connectivity index (χ1) is 22.2. The Labute approximate surface area is 298 Å². The first-order valence-corrected chi connectivity index (χ1v) is 19.8. The van der Waals surface area contributed by atoms with Gasteiger partial charge in [-0.3, -0.25) is 0 Å². The number of halogens is 2. The summed E-state index contributed by atoms with van der Waals surface area (Å²) in [6, 6.07) is 14.0. The van der Waals surface area contributed by atoms with E-state index in [4.69, 9.17) is 20.8 Å². The van der Waals surface area contributed by atoms with Crippen LogP contribution in [0.3, 0.4) is 0 Å². The van der Waals surface area contributed by atoms with Crippen LogP contribution in [0.5, 0.6) is 5.75 Å². The number of nitrogens with zero attached hydrogens (tertiary/aromatic N) is 1. The lowest BCUT2D eigenvalue weighted by molar-refractivity contribution is -0.904. The Morgan fingerprint density at radius 3 is 1.85 bits per heavy atom. The number of hydrogen-bond donors (Lipinski definition) is 0. The summed E-state index contributed by atoms with van der Waals surface area (Å²) in [5.41, 5.74) is 3.23. The zero-order valence-electron chi connectivity index (χ0n) is 29.5. The van der Waals surface area contributed by atoms with Crippen LogP contribution in [0.2, 0.25) is 5.02 Å². The Hall–Kier alpha value is -1.84. The fourth-order valence-corrected chi connectivity index (χ4v) is 6.46. The predicted molar refractivity (Wildman–Crippen MR) is 197 cm³/mol. The van der Waals surface area contributed by atoms with Crippen molar-refractivity contribution in [2.45, 2.75) is 122 Å². The largest absolute Gasteiger partial charge is 0.744 e. The molecule has 9 heteroatoms. The normalized spacial score (nSPS) is 11.9. The van der Waals surface area contributed by atoms with Crippen LogP contribution in [0.25, 0.3) is 0 Å². The van der Waals surface area contributed by atoms with Crippen LogP contribution in [-0.2, 0) is 16.7 Å². The van der Waals surface area contributed by atoms with Gasteiger partial charge < -0.3 is 18.2 Å². The molecule has 0 radical (unpaired) electrons. The molecule has 0 N–H and O–H groups in total. The summed E-state index contributed by atoms with van der Waals surface area (Å²) in [5, 5.41) is 0.834. The molecule has 6 nitrogen and oxygen atoms in total. The van der Waals surface area contributed by atoms with Gasteiger partial charge in [0.15, 0.2) is 10.4 Å². The first-order valence-electron chi connectivity index (χ1n) is 17.2. The van der Waals surface area contributed by atoms with Gasteiger partial charge >= 0.3 is 0 Å². The fourth-order valence-electron chi connectivity index (χ4n) is 5.48. The van der Waals surface area contributed by atoms with Crippen molar-refractivity contribution in [1.29, 1.82) is 0 Å². The van der Waals surface area contributed by atoms with Gasteiger partial charge in [-0.2, -0.15) is 0 Å². The van der Waals surface area contributed by atoms with E-state index in [0.717, 1.165) is 56.4 Å². The zero-order valence-corrected chi connectivity index (χ0v) is 32.6. The number of aryl methyl sites for hydroxylation is 2. The first kappa shape index (κ1) is 41.3. The third-order valence-electron chi connectivity index (χ3n) is 8.35. The summed E-state index contributed by atoms with van der Waals surface area (Å²) in [5.74, 6) is 2.50. The average Bonchev–Trinajstić information content (AvgIpc) is 3.39. The lowest BCUT2D eigenvalue weighted by atomic mass is 10.0. The van der Waals surface area contributed by atoms with Gasteiger partial charge in [-0.1, -0.05) is 101 Å². The molecule has 0 atom stereocenters. The minimum Gasteiger partial charge on any atom is -0.744 e. The lowest BCUT2D eigenvalue weighted by Crippen LogP contribution is -2.39. The van der Waals surface area contributed by atoms with E-state index in [1.54, 1.807) is 12.1 Å². The van der Waals surface area contributed by atoms with Gasteiger partial charge in [0.05, 0.1) is 32.1 Å². The number of unbranched alkanes of at least 4 members (excludes halogenated alkanes) is 11. The number of ether oxygens (including phenoxy) is 1. The molecule has 3 rings (SSSR count). The molecule has 47 heavy (non-hydrogen) atoms. The van der Waals surface area contributed by atoms with Crippen molar-refractivity contribution in [2.75, 3.05) is 27.2 Å². The quantitative estimate of drug-likeness (QED) is 0.0652. The van der Waals surface area contributed by atoms with Crippen molar-refractivity contribution < 1.29 is 26.6 Å². The molecule has 0 aliphatic rings. The predicted octanol–water partition coefficient (Wildman–Crippen LogP) is 11.4. The van der Waals surface area contributed by atoms with Gasteiger partial charge in [-0.25, -0.2) is 8.42 Å². The van der Waals surface area contributed by atoms with Crippen LogP contribution < -0.4 is 4.74 Å². The molecule has 0 unspecified atom stereocenters. The maximum Gasteiger partial charge on any atom is 0.169 e. The van der Waals surface area contributed by atoms with Crippen LogP contribution in [0, 0.1) is 13.8 Å². The highest BCUT2D eigenvalue weighted by Gasteiger charge is 2.17. The summed E-state index contributed by atoms with van der Waals surface area (Å²) >= 11 is 9.70. The van der Waals surface area contributed by atoms with Crippen LogP contribution >= 0.6 is 27.5 Å². The standard InChI is InChI=1S/C31H50BrClNO2.C7H8O3S/c1-25(2)28-23-29(33)26(3)22-30(28)35-21-17-15-13-11-9-7-6-8-10-12-14-16-20-34(4,5)24-27-18-19-31(32)36-27;1-6-2-4-7(5-3-6)11(8,9)10/h18-19,22-23,25H,6-17,20-21,24H2,1-5H3;2-5H,1H3,(H,8,9,10)/q+1;/p-1. The van der Waals surface area contributed by atoms with Crippen molar-refractivity contribution in [3.8, 4) is 5.75 Å². The maximum atomic E-state index is 10.4. The third kappa shape index (κ3) is 17.4. The monoisotopic (exact) mass is 753 g/mol. The molecule has 0 aliphatic heterocycles. The second kappa shape index (κ2) is 21.3. The Kier molecular flexibility index (Phi) is 18.7. The van der Waals surface area contributed by atoms with E-state index in [0.29, 0.717) is 5.92 Å². The highest BCUT2D eigenvalue weighted by molar-refractivity contribution is 9.10. The Bertz CT molecular complexity index is 1420. The molecule has 3 aromatic rings. The minimum atomic E-state index is -4.27. The Balaban J connectivity index is 0.000000587. The highest BCUT2D eigenvalue weighted by atomic mass is 79.9. The SMILES string of the molecule is Cc1cc(OCCCCCCCCCCCCCC[N+](C)(C)Cc2ccc(Br)o2)c(C(C)C)cc1Cl.Cc1ccc(S(=O)(=O)[O-])cc1. The molecule has 2 aromatic carbocycles. The topological polar surface area (TPSA) is 79.6 Å². The van der Waals surface area contributed by atoms with Crippen molar-refractivity contribution in [2.24, 2.45) is 0 Å². The van der Waals surface area contributed by atoms with Gasteiger partial charge in [0, 0.05) is 5.02 Å². The van der Waals surface area contributed by atoms with Crippen LogP contribution in [-0.4, -0.2) is 44.7 Å². The smallest absolute Gasteiger partial charge is 0.169 e. The summed E-state index contributed by atoms with van der Waals surface area (Å²) in [6.45, 7) is 11.2. The molecule has 0 spiro atoms. The Morgan fingerprint density at radius 1 is 0.830 bits per heavy atom. The molecule has 0 saturated heterocycles. The van der Waals surface area contributed by atoms with E-state index < -0.39 is 10.1 Å². The van der Waals surface area contributed by atoms with Crippen molar-refractivity contribution in [1.82, 2.24) is 0 Å². The van der Waals surface area contributed by atoms with E-state index in [-0.39, 0.29) is 4.90 Å². The number of benzene rings is 2. The molecule has 264 valence electrons. The van der Waals surface area contributed by atoms with Gasteiger partial charge in [0.2, 0.25) is 0 Å². The minimum absolute atomic E-state index is 0.178. The summed E-state index contributed by atoms with van der Waals surface area (Å²) in [7, 11) is 0.327. The van der Waals surface area contributed by atoms with E-state index in [1.165, 1.54) is 94.9 Å². The molecule has 0 fully saturated rings. The molecular formula is C38H57BrClNO5S. The zero-order chi connectivity index (χ0) is 34.9. The molecule has 1 heterocycles. The second-order valence-electron chi connectivity index (χ2n) is 13.7. The fraction of sp³-hybridized carbons (Fsp3) is 0.579.